The Balaban J connectivity index is 1.30. The number of carboxylic acid groups (broad SMARTS) is 2. The molecule has 5 rings (SSSR count). The summed E-state index contributed by atoms with van der Waals surface area (Å²) in [4.78, 5) is 38.6. The van der Waals surface area contributed by atoms with Crippen molar-refractivity contribution in [2.45, 2.75) is 155 Å². The maximum Gasteiger partial charge on any atom is 0.335 e. The maximum atomic E-state index is 14.7. The van der Waals surface area contributed by atoms with E-state index in [0.29, 0.717) is 31.1 Å². The van der Waals surface area contributed by atoms with Crippen molar-refractivity contribution in [2.24, 2.45) is 44.8 Å². The average Bonchev–Trinajstić information content (AvgIpc) is 3.06. The Morgan fingerprint density at radius 2 is 1.66 bits per heavy atom. The van der Waals surface area contributed by atoms with Crippen molar-refractivity contribution >= 4 is 29.5 Å². The van der Waals surface area contributed by atoms with Crippen molar-refractivity contribution in [3.05, 3.63) is 11.6 Å². The van der Waals surface area contributed by atoms with Gasteiger partial charge < -0.3 is 35.6 Å². The van der Waals surface area contributed by atoms with Crippen LogP contribution in [0.5, 0.6) is 0 Å². The van der Waals surface area contributed by atoms with Crippen molar-refractivity contribution in [1.29, 1.82) is 0 Å². The molecule has 14 unspecified atom stereocenters. The van der Waals surface area contributed by atoms with Crippen LogP contribution < -0.4 is 5.32 Å². The smallest absolute Gasteiger partial charge is 0.335 e. The number of hydrogen-bond donors (Lipinski definition) is 6. The summed E-state index contributed by atoms with van der Waals surface area (Å²) < 4.78 is 5.42. The fraction of sp³-hybridized carbons (Fsp3) is 0.872. The lowest BCUT2D eigenvalue weighted by Gasteiger charge is -2.68. The van der Waals surface area contributed by atoms with Crippen LogP contribution in [0.1, 0.15) is 119 Å². The highest BCUT2D eigenvalue weighted by molar-refractivity contribution is 7.99. The number of hydrogen-bond acceptors (Lipinski definition) is 9. The molecule has 11 heteroatoms. The van der Waals surface area contributed by atoms with Crippen molar-refractivity contribution in [1.82, 2.24) is 5.32 Å². The number of thioether (sulfide) groups is 1. The number of nitrogens with one attached hydrogen (secondary N) is 1. The number of aliphatic hydroxyl groups excluding tert-OH is 3. The molecule has 0 spiro atoms. The fourth-order valence-electron chi connectivity index (χ4n) is 11.4. The van der Waals surface area contributed by atoms with E-state index >= 15 is 0 Å². The normalized spacial score (nSPS) is 46.6. The minimum Gasteiger partial charge on any atom is -0.481 e. The van der Waals surface area contributed by atoms with Crippen LogP contribution in [-0.2, 0) is 19.1 Å². The zero-order valence-electron chi connectivity index (χ0n) is 31.2. The minimum atomic E-state index is -1.70. The van der Waals surface area contributed by atoms with Gasteiger partial charge in [-0.15, -0.1) is 11.8 Å². The second-order valence-electron chi connectivity index (χ2n) is 17.8. The lowest BCUT2D eigenvalue weighted by molar-refractivity contribution is -0.209. The summed E-state index contributed by atoms with van der Waals surface area (Å²) in [6.07, 6.45) is 5.75. The van der Waals surface area contributed by atoms with Crippen molar-refractivity contribution in [3.63, 3.8) is 0 Å². The minimum absolute atomic E-state index is 0.0201. The van der Waals surface area contributed by atoms with Crippen LogP contribution in [0, 0.1) is 44.8 Å². The van der Waals surface area contributed by atoms with E-state index in [0.717, 1.165) is 57.8 Å². The van der Waals surface area contributed by atoms with Gasteiger partial charge in [0.05, 0.1) is 5.41 Å². The molecule has 0 aromatic carbocycles. The lowest BCUT2D eigenvalue weighted by atomic mass is 9.35. The van der Waals surface area contributed by atoms with Crippen LogP contribution in [0.25, 0.3) is 0 Å². The number of aliphatic carboxylic acids is 2. The van der Waals surface area contributed by atoms with E-state index in [1.807, 2.05) is 13.0 Å². The predicted molar refractivity (Wildman–Crippen MR) is 192 cm³/mol. The summed E-state index contributed by atoms with van der Waals surface area (Å²) in [7, 11) is 0. The van der Waals surface area contributed by atoms with E-state index in [4.69, 9.17) is 4.74 Å². The van der Waals surface area contributed by atoms with Crippen LogP contribution in [0.4, 0.5) is 0 Å². The topological polar surface area (TPSA) is 174 Å². The highest BCUT2D eigenvalue weighted by atomic mass is 32.2. The van der Waals surface area contributed by atoms with Crippen molar-refractivity contribution in [3.8, 4) is 0 Å². The number of fused-ring (bicyclic) bond motifs is 5. The van der Waals surface area contributed by atoms with Gasteiger partial charge in [0.2, 0.25) is 0 Å². The Hall–Kier alpha value is -1.50. The van der Waals surface area contributed by atoms with Gasteiger partial charge in [0.25, 0.3) is 0 Å². The summed E-state index contributed by atoms with van der Waals surface area (Å²) in [6.45, 7) is 16.4. The molecule has 0 amide bonds. The molecule has 4 fully saturated rings. The maximum absolute atomic E-state index is 14.7. The third kappa shape index (κ3) is 6.52. The molecule has 0 radical (unpaired) electrons. The molecule has 4 aliphatic carbocycles. The highest BCUT2D eigenvalue weighted by Gasteiger charge is 2.67. The molecule has 1 saturated heterocycles. The predicted octanol–water partition coefficient (Wildman–Crippen LogP) is 5.42. The van der Waals surface area contributed by atoms with Crippen LogP contribution in [0.3, 0.4) is 0 Å². The van der Waals surface area contributed by atoms with Gasteiger partial charge in [-0.1, -0.05) is 53.5 Å². The van der Waals surface area contributed by atoms with E-state index < -0.39 is 47.2 Å². The standard InChI is InChI=1S/C39H63NO9S/c1-8-22-10-13-39(7)31(26(41)20-24-25-21-36(4,34(47)48)15-14-35(25,3)16-17-38(24,39)6)37(22,5)12-11-23(9-2)40-18-19-50-33-29(44)27(42)28(43)30(49-33)32(45)46/h20,22-23,25,27-31,33,40,42-44H,8-19,21H2,1-7H3,(H,45,46)(H,47,48). The first-order valence-corrected chi connectivity index (χ1v) is 20.1. The third-order valence-electron chi connectivity index (χ3n) is 15.2. The molecular weight excluding hydrogens is 658 g/mol. The Labute approximate surface area is 302 Å². The van der Waals surface area contributed by atoms with E-state index in [1.54, 1.807) is 0 Å². The molecule has 6 N–H and O–H groups in total. The van der Waals surface area contributed by atoms with E-state index in [1.165, 1.54) is 17.3 Å². The number of rotatable bonds is 12. The molecule has 1 heterocycles. The monoisotopic (exact) mass is 721 g/mol. The molecule has 3 saturated carbocycles. The van der Waals surface area contributed by atoms with Gasteiger partial charge in [-0.25, -0.2) is 4.79 Å². The zero-order valence-corrected chi connectivity index (χ0v) is 32.1. The number of carbonyl (C=O) groups is 3. The van der Waals surface area contributed by atoms with Gasteiger partial charge >= 0.3 is 11.9 Å². The molecule has 284 valence electrons. The van der Waals surface area contributed by atoms with Gasteiger partial charge in [-0.3, -0.25) is 9.59 Å². The quantitative estimate of drug-likeness (QED) is 0.142. The van der Waals surface area contributed by atoms with Crippen molar-refractivity contribution < 1.29 is 44.7 Å². The van der Waals surface area contributed by atoms with Crippen LogP contribution >= 0.6 is 11.8 Å². The molecule has 1 aliphatic heterocycles. The summed E-state index contributed by atoms with van der Waals surface area (Å²) in [5.74, 6) is -0.949. The van der Waals surface area contributed by atoms with Crippen LogP contribution in [-0.4, -0.2) is 91.4 Å². The summed E-state index contributed by atoms with van der Waals surface area (Å²) in [5.41, 5.74) is -1.07. The zero-order chi connectivity index (χ0) is 37.0. The molecule has 5 aliphatic rings. The third-order valence-corrected chi connectivity index (χ3v) is 16.4. The molecule has 0 aromatic rings. The number of ketones is 1. The number of allylic oxidation sites excluding steroid dienone is 2. The summed E-state index contributed by atoms with van der Waals surface area (Å²) >= 11 is 1.21. The van der Waals surface area contributed by atoms with Gasteiger partial charge in [-0.05, 0) is 111 Å². The molecular formula is C39H63NO9S. The molecule has 50 heavy (non-hydrogen) atoms. The summed E-state index contributed by atoms with van der Waals surface area (Å²) in [6, 6.07) is 0.196. The number of carboxylic acids is 2. The van der Waals surface area contributed by atoms with E-state index in [9.17, 15) is 39.9 Å². The molecule has 0 bridgehead atoms. The van der Waals surface area contributed by atoms with Gasteiger partial charge in [-0.2, -0.15) is 0 Å². The first-order chi connectivity index (χ1) is 23.3. The lowest BCUT2D eigenvalue weighted by Crippen LogP contribution is -2.63. The highest BCUT2D eigenvalue weighted by Crippen LogP contribution is 2.73. The molecule has 14 atom stereocenters. The fourth-order valence-corrected chi connectivity index (χ4v) is 12.4. The Morgan fingerprint density at radius 3 is 2.28 bits per heavy atom. The van der Waals surface area contributed by atoms with Crippen LogP contribution in [0.15, 0.2) is 11.6 Å². The second kappa shape index (κ2) is 14.4. The Morgan fingerprint density at radius 1 is 0.980 bits per heavy atom. The van der Waals surface area contributed by atoms with Gasteiger partial charge in [0.15, 0.2) is 11.9 Å². The number of carbonyl (C=O) groups excluding carboxylic acids is 1. The number of ether oxygens (including phenoxy) is 1. The second-order valence-corrected chi connectivity index (χ2v) is 19.0. The van der Waals surface area contributed by atoms with Crippen molar-refractivity contribution in [2.75, 3.05) is 12.3 Å². The average molecular weight is 722 g/mol. The molecule has 0 aromatic heterocycles. The first-order valence-electron chi connectivity index (χ1n) is 19.1. The van der Waals surface area contributed by atoms with Gasteiger partial charge in [0.1, 0.15) is 23.7 Å². The first kappa shape index (κ1) is 39.7. The number of aliphatic hydroxyl groups is 3. The van der Waals surface area contributed by atoms with Crippen LogP contribution in [0.2, 0.25) is 0 Å². The summed E-state index contributed by atoms with van der Waals surface area (Å²) in [5, 5.41) is 53.7. The van der Waals surface area contributed by atoms with E-state index in [-0.39, 0.29) is 45.3 Å². The Bertz CT molecular complexity index is 1340. The van der Waals surface area contributed by atoms with E-state index in [2.05, 4.69) is 46.9 Å². The Kier molecular flexibility index (Phi) is 11.4. The SMILES string of the molecule is CCC(CCC1(C)C(CC)CCC2(C)C1C(=O)C=C1C3CC(C)(C(=O)O)CCC3(C)CCC12C)NCCSC1OC(C(=O)O)C(O)C(O)C1O. The molecule has 10 nitrogen and oxygen atoms in total. The van der Waals surface area contributed by atoms with Gasteiger partial charge in [0, 0.05) is 24.3 Å². The largest absolute Gasteiger partial charge is 0.481 e.